The van der Waals surface area contributed by atoms with E-state index in [1.807, 2.05) is 20.0 Å². The van der Waals surface area contributed by atoms with Gasteiger partial charge in [-0.1, -0.05) is 0 Å². The zero-order valence-electron chi connectivity index (χ0n) is 6.76. The van der Waals surface area contributed by atoms with E-state index in [-0.39, 0.29) is 0 Å². The first-order valence-electron chi connectivity index (χ1n) is 3.50. The summed E-state index contributed by atoms with van der Waals surface area (Å²) in [6.45, 7) is 2.66. The molecule has 0 saturated heterocycles. The van der Waals surface area contributed by atoms with Gasteiger partial charge in [0.15, 0.2) is 0 Å². The molecular formula is C7H12N4. The van der Waals surface area contributed by atoms with Gasteiger partial charge >= 0.3 is 0 Å². The number of nitrogens with zero attached hydrogens (tertiary/aromatic N) is 2. The molecule has 0 fully saturated rings. The van der Waals surface area contributed by atoms with Crippen molar-refractivity contribution in [2.45, 2.75) is 6.92 Å². The van der Waals surface area contributed by atoms with Gasteiger partial charge in [0.1, 0.15) is 12.1 Å². The van der Waals surface area contributed by atoms with Crippen LogP contribution in [-0.4, -0.2) is 23.7 Å². The van der Waals surface area contributed by atoms with Crippen LogP contribution in [0.2, 0.25) is 0 Å². The van der Waals surface area contributed by atoms with Gasteiger partial charge < -0.3 is 10.6 Å². The van der Waals surface area contributed by atoms with Gasteiger partial charge in [0.25, 0.3) is 0 Å². The average molecular weight is 152 g/mol. The van der Waals surface area contributed by atoms with Crippen molar-refractivity contribution in [3.63, 3.8) is 0 Å². The van der Waals surface area contributed by atoms with Crippen LogP contribution in [-0.2, 0) is 0 Å². The molecule has 0 bridgehead atoms. The van der Waals surface area contributed by atoms with E-state index >= 15 is 0 Å². The molecule has 0 amide bonds. The van der Waals surface area contributed by atoms with Gasteiger partial charge in [0, 0.05) is 11.8 Å². The first-order valence-corrected chi connectivity index (χ1v) is 3.50. The van der Waals surface area contributed by atoms with Gasteiger partial charge in [-0.05, 0) is 14.0 Å². The number of hydrogen-bond acceptors (Lipinski definition) is 4. The van der Waals surface area contributed by atoms with E-state index in [1.54, 1.807) is 6.33 Å². The largest absolute Gasteiger partial charge is 0.357 e. The lowest BCUT2D eigenvalue weighted by molar-refractivity contribution is 0.866. The monoisotopic (exact) mass is 152 g/mol. The molecule has 1 rings (SSSR count). The van der Waals surface area contributed by atoms with Crippen LogP contribution in [0.5, 0.6) is 0 Å². The van der Waals surface area contributed by atoms with E-state index in [0.29, 0.717) is 0 Å². The van der Waals surface area contributed by atoms with Crippen LogP contribution in [0.15, 0.2) is 12.4 Å². The van der Waals surface area contributed by atoms with E-state index in [2.05, 4.69) is 20.6 Å². The summed E-state index contributed by atoms with van der Waals surface area (Å²) >= 11 is 0. The Hall–Kier alpha value is -1.16. The Morgan fingerprint density at radius 1 is 1.45 bits per heavy atom. The van der Waals surface area contributed by atoms with Crippen molar-refractivity contribution in [3.8, 4) is 0 Å². The Bertz CT molecular complexity index is 223. The summed E-state index contributed by atoms with van der Waals surface area (Å²) in [7, 11) is 1.88. The lowest BCUT2D eigenvalue weighted by atomic mass is 10.4. The Morgan fingerprint density at radius 2 is 2.27 bits per heavy atom. The van der Waals surface area contributed by atoms with Crippen LogP contribution in [0.3, 0.4) is 0 Å². The fourth-order valence-corrected chi connectivity index (χ4v) is 0.730. The minimum atomic E-state index is 0.719. The summed E-state index contributed by atoms with van der Waals surface area (Å²) in [6, 6.07) is 1.90. The Labute approximate surface area is 66.1 Å². The summed E-state index contributed by atoms with van der Waals surface area (Å²) in [5, 5.41) is 6.04. The predicted molar refractivity (Wildman–Crippen MR) is 44.3 cm³/mol. The molecule has 0 saturated carbocycles. The summed E-state index contributed by atoms with van der Waals surface area (Å²) in [4.78, 5) is 7.99. The lowest BCUT2D eigenvalue weighted by Crippen LogP contribution is -2.17. The van der Waals surface area contributed by atoms with Crippen molar-refractivity contribution in [2.75, 3.05) is 19.0 Å². The smallest absolute Gasteiger partial charge is 0.130 e. The molecule has 4 nitrogen and oxygen atoms in total. The van der Waals surface area contributed by atoms with Crippen molar-refractivity contribution in [1.29, 1.82) is 0 Å². The first kappa shape index (κ1) is 7.94. The number of rotatable bonds is 3. The molecule has 2 N–H and O–H groups in total. The lowest BCUT2D eigenvalue weighted by Gasteiger charge is -2.03. The van der Waals surface area contributed by atoms with Gasteiger partial charge in [-0.15, -0.1) is 0 Å². The molecule has 0 aliphatic heterocycles. The quantitative estimate of drug-likeness (QED) is 0.614. The number of aromatic nitrogens is 2. The highest BCUT2D eigenvalue weighted by atomic mass is 15.1. The highest BCUT2D eigenvalue weighted by Crippen LogP contribution is 2.00. The molecule has 11 heavy (non-hydrogen) atoms. The average Bonchev–Trinajstić information content (AvgIpc) is 2.01. The third-order valence-corrected chi connectivity index (χ3v) is 1.25. The standard InChI is InChI=1S/C7H12N4/c1-6-3-7(10-4-8-2)11-5-9-6/h3,5,8H,4H2,1-2H3,(H,9,10,11). The van der Waals surface area contributed by atoms with Crippen LogP contribution in [0, 0.1) is 6.92 Å². The molecule has 0 radical (unpaired) electrons. The minimum absolute atomic E-state index is 0.719. The fourth-order valence-electron chi connectivity index (χ4n) is 0.730. The van der Waals surface area contributed by atoms with E-state index in [1.165, 1.54) is 0 Å². The molecule has 1 heterocycles. The third kappa shape index (κ3) is 2.51. The second-order valence-electron chi connectivity index (χ2n) is 2.25. The zero-order valence-corrected chi connectivity index (χ0v) is 6.76. The summed E-state index contributed by atoms with van der Waals surface area (Å²) in [5.41, 5.74) is 0.971. The molecule has 0 aromatic carbocycles. The maximum absolute atomic E-state index is 4.01. The van der Waals surface area contributed by atoms with Gasteiger partial charge in [-0.3, -0.25) is 0 Å². The summed E-state index contributed by atoms with van der Waals surface area (Å²) in [5.74, 6) is 0.854. The first-order chi connectivity index (χ1) is 5.33. The fraction of sp³-hybridized carbons (Fsp3) is 0.429. The van der Waals surface area contributed by atoms with Gasteiger partial charge in [0.2, 0.25) is 0 Å². The normalized spacial score (nSPS) is 9.64. The second-order valence-corrected chi connectivity index (χ2v) is 2.25. The van der Waals surface area contributed by atoms with Gasteiger partial charge in [0.05, 0.1) is 6.67 Å². The topological polar surface area (TPSA) is 49.8 Å². The van der Waals surface area contributed by atoms with Crippen molar-refractivity contribution in [3.05, 3.63) is 18.1 Å². The van der Waals surface area contributed by atoms with Crippen molar-refractivity contribution < 1.29 is 0 Å². The second kappa shape index (κ2) is 3.88. The molecule has 0 spiro atoms. The molecule has 0 unspecified atom stereocenters. The molecule has 1 aromatic rings. The third-order valence-electron chi connectivity index (χ3n) is 1.25. The highest BCUT2D eigenvalue weighted by molar-refractivity contribution is 5.33. The predicted octanol–water partition coefficient (Wildman–Crippen LogP) is 0.374. The van der Waals surface area contributed by atoms with E-state index < -0.39 is 0 Å². The molecule has 1 aromatic heterocycles. The maximum atomic E-state index is 4.01. The Balaban J connectivity index is 2.56. The summed E-state index contributed by atoms with van der Waals surface area (Å²) < 4.78 is 0. The van der Waals surface area contributed by atoms with Crippen molar-refractivity contribution >= 4 is 5.82 Å². The Kier molecular flexibility index (Phi) is 2.80. The number of anilines is 1. The van der Waals surface area contributed by atoms with Crippen molar-refractivity contribution in [1.82, 2.24) is 15.3 Å². The molecule has 60 valence electrons. The van der Waals surface area contributed by atoms with Crippen LogP contribution >= 0.6 is 0 Å². The van der Waals surface area contributed by atoms with Gasteiger partial charge in [-0.2, -0.15) is 0 Å². The van der Waals surface area contributed by atoms with E-state index in [4.69, 9.17) is 0 Å². The van der Waals surface area contributed by atoms with E-state index in [9.17, 15) is 0 Å². The number of nitrogens with one attached hydrogen (secondary N) is 2. The highest BCUT2D eigenvalue weighted by Gasteiger charge is 1.90. The van der Waals surface area contributed by atoms with Gasteiger partial charge in [-0.25, -0.2) is 9.97 Å². The Morgan fingerprint density at radius 3 is 2.91 bits per heavy atom. The minimum Gasteiger partial charge on any atom is -0.357 e. The van der Waals surface area contributed by atoms with Crippen molar-refractivity contribution in [2.24, 2.45) is 0 Å². The molecule has 0 atom stereocenters. The number of aryl methyl sites for hydroxylation is 1. The molecule has 4 heteroatoms. The van der Waals surface area contributed by atoms with Crippen LogP contribution in [0.25, 0.3) is 0 Å². The molecule has 0 aliphatic carbocycles. The maximum Gasteiger partial charge on any atom is 0.130 e. The zero-order chi connectivity index (χ0) is 8.10. The molecular weight excluding hydrogens is 140 g/mol. The number of hydrogen-bond donors (Lipinski definition) is 2. The SMILES string of the molecule is CNCNc1cc(C)ncn1. The van der Waals surface area contributed by atoms with Crippen LogP contribution < -0.4 is 10.6 Å². The van der Waals surface area contributed by atoms with E-state index in [0.717, 1.165) is 18.2 Å². The van der Waals surface area contributed by atoms with Crippen LogP contribution in [0.1, 0.15) is 5.69 Å². The van der Waals surface area contributed by atoms with Crippen LogP contribution in [0.4, 0.5) is 5.82 Å². The molecule has 0 aliphatic rings. The summed E-state index contributed by atoms with van der Waals surface area (Å²) in [6.07, 6.45) is 1.55.